The molecule has 1 aromatic rings. The summed E-state index contributed by atoms with van der Waals surface area (Å²) >= 11 is 3.63. The van der Waals surface area contributed by atoms with E-state index in [1.165, 1.54) is 28.6 Å². The van der Waals surface area contributed by atoms with Crippen molar-refractivity contribution in [1.82, 2.24) is 0 Å². The molecule has 3 rings (SSSR count). The van der Waals surface area contributed by atoms with Crippen LogP contribution in [0.25, 0.3) is 0 Å². The van der Waals surface area contributed by atoms with Crippen LogP contribution in [0.1, 0.15) is 31.2 Å². The fourth-order valence-corrected chi connectivity index (χ4v) is 3.84. The number of nitrogens with zero attached hydrogens (tertiary/aromatic N) is 1. The van der Waals surface area contributed by atoms with Gasteiger partial charge in [-0.2, -0.15) is 0 Å². The van der Waals surface area contributed by atoms with Crippen LogP contribution in [0.2, 0.25) is 0 Å². The predicted octanol–water partition coefficient (Wildman–Crippen LogP) is 3.22. The smallest absolute Gasteiger partial charge is 0.0412 e. The number of fused-ring (bicyclic) bond motifs is 2. The number of nitrogens with two attached hydrogens (primary N) is 1. The molecule has 1 aromatic carbocycles. The van der Waals surface area contributed by atoms with Crippen LogP contribution in [-0.4, -0.2) is 18.1 Å². The maximum absolute atomic E-state index is 6.13. The van der Waals surface area contributed by atoms with Crippen LogP contribution in [0.5, 0.6) is 0 Å². The number of anilines is 1. The summed E-state index contributed by atoms with van der Waals surface area (Å²) in [5, 5.41) is 0. The number of rotatable bonds is 1. The highest BCUT2D eigenvalue weighted by Crippen LogP contribution is 2.41. The summed E-state index contributed by atoms with van der Waals surface area (Å²) in [5.41, 5.74) is 8.89. The largest absolute Gasteiger partial charge is 0.365 e. The minimum Gasteiger partial charge on any atom is -0.365 e. The normalized spacial score (nSPS) is 31.9. The Labute approximate surface area is 111 Å². The molecule has 2 fully saturated rings. The molecular weight excluding hydrogens is 276 g/mol. The van der Waals surface area contributed by atoms with Gasteiger partial charge in [0.25, 0.3) is 0 Å². The van der Waals surface area contributed by atoms with Gasteiger partial charge in [0.05, 0.1) is 0 Å². The molecule has 0 spiro atoms. The van der Waals surface area contributed by atoms with Gasteiger partial charge in [0.2, 0.25) is 0 Å². The lowest BCUT2D eigenvalue weighted by Gasteiger charge is -2.40. The third kappa shape index (κ3) is 1.89. The number of benzene rings is 1. The average molecular weight is 295 g/mol. The zero-order valence-corrected chi connectivity index (χ0v) is 11.8. The molecule has 3 heteroatoms. The molecule has 92 valence electrons. The summed E-state index contributed by atoms with van der Waals surface area (Å²) < 4.78 is 1.21. The first-order chi connectivity index (χ1) is 8.16. The maximum Gasteiger partial charge on any atom is 0.0412 e. The van der Waals surface area contributed by atoms with Crippen LogP contribution in [0.3, 0.4) is 0 Å². The number of hydrogen-bond donors (Lipinski definition) is 1. The summed E-state index contributed by atoms with van der Waals surface area (Å²) in [5.74, 6) is 0. The van der Waals surface area contributed by atoms with Gasteiger partial charge in [0.15, 0.2) is 0 Å². The van der Waals surface area contributed by atoms with Gasteiger partial charge in [0.1, 0.15) is 0 Å². The van der Waals surface area contributed by atoms with Gasteiger partial charge < -0.3 is 10.6 Å². The second-order valence-electron chi connectivity index (χ2n) is 5.41. The molecule has 2 heterocycles. The van der Waals surface area contributed by atoms with Crippen molar-refractivity contribution in [3.63, 3.8) is 0 Å². The Kier molecular flexibility index (Phi) is 2.91. The fraction of sp³-hybridized carbons (Fsp3) is 0.571. The summed E-state index contributed by atoms with van der Waals surface area (Å²) in [4.78, 5) is 2.63. The van der Waals surface area contributed by atoms with Crippen LogP contribution >= 0.6 is 15.9 Å². The SMILES string of the molecule is Cc1c(Br)cccc1N1C2CCC1CC(N)C2. The minimum absolute atomic E-state index is 0.413. The Morgan fingerprint density at radius 3 is 2.53 bits per heavy atom. The third-order valence-electron chi connectivity index (χ3n) is 4.29. The second kappa shape index (κ2) is 4.29. The minimum atomic E-state index is 0.413. The summed E-state index contributed by atoms with van der Waals surface area (Å²) in [6, 6.07) is 8.25. The van der Waals surface area contributed by atoms with E-state index in [0.29, 0.717) is 18.1 Å². The van der Waals surface area contributed by atoms with E-state index in [0.717, 1.165) is 12.8 Å². The van der Waals surface area contributed by atoms with Crippen molar-refractivity contribution < 1.29 is 0 Å². The average Bonchev–Trinajstić information content (AvgIpc) is 2.55. The molecule has 2 aliphatic heterocycles. The van der Waals surface area contributed by atoms with Crippen molar-refractivity contribution >= 4 is 21.6 Å². The molecule has 2 bridgehead atoms. The molecule has 2 atom stereocenters. The fourth-order valence-electron chi connectivity index (χ4n) is 3.49. The van der Waals surface area contributed by atoms with Crippen molar-refractivity contribution in [2.45, 2.75) is 50.7 Å². The number of halogens is 1. The van der Waals surface area contributed by atoms with Crippen molar-refractivity contribution in [2.24, 2.45) is 5.73 Å². The van der Waals surface area contributed by atoms with E-state index in [2.05, 4.69) is 46.0 Å². The number of piperidine rings is 1. The van der Waals surface area contributed by atoms with Crippen LogP contribution in [0, 0.1) is 6.92 Å². The van der Waals surface area contributed by atoms with Crippen LogP contribution in [-0.2, 0) is 0 Å². The molecule has 0 saturated carbocycles. The van der Waals surface area contributed by atoms with Gasteiger partial charge in [0, 0.05) is 28.3 Å². The first-order valence-corrected chi connectivity index (χ1v) is 7.25. The lowest BCUT2D eigenvalue weighted by atomic mass is 9.96. The highest BCUT2D eigenvalue weighted by Gasteiger charge is 2.40. The summed E-state index contributed by atoms with van der Waals surface area (Å²) in [6.45, 7) is 2.20. The van der Waals surface area contributed by atoms with E-state index in [1.54, 1.807) is 0 Å². The second-order valence-corrected chi connectivity index (χ2v) is 6.26. The topological polar surface area (TPSA) is 29.3 Å². The van der Waals surface area contributed by atoms with Gasteiger partial charge >= 0.3 is 0 Å². The predicted molar refractivity (Wildman–Crippen MR) is 75.4 cm³/mol. The quantitative estimate of drug-likeness (QED) is 0.862. The highest BCUT2D eigenvalue weighted by molar-refractivity contribution is 9.10. The summed E-state index contributed by atoms with van der Waals surface area (Å²) in [6.07, 6.45) is 4.93. The van der Waals surface area contributed by atoms with Crippen LogP contribution in [0.15, 0.2) is 22.7 Å². The molecule has 17 heavy (non-hydrogen) atoms. The van der Waals surface area contributed by atoms with Crippen molar-refractivity contribution in [3.05, 3.63) is 28.2 Å². The van der Waals surface area contributed by atoms with E-state index < -0.39 is 0 Å². The lowest BCUT2D eigenvalue weighted by Crippen LogP contribution is -2.47. The Bertz CT molecular complexity index is 418. The Morgan fingerprint density at radius 1 is 1.24 bits per heavy atom. The molecule has 2 N–H and O–H groups in total. The molecule has 2 nitrogen and oxygen atoms in total. The maximum atomic E-state index is 6.13. The van der Waals surface area contributed by atoms with Crippen LogP contribution in [0.4, 0.5) is 5.69 Å². The van der Waals surface area contributed by atoms with Crippen molar-refractivity contribution in [2.75, 3.05) is 4.90 Å². The van der Waals surface area contributed by atoms with Crippen LogP contribution < -0.4 is 10.6 Å². The highest BCUT2D eigenvalue weighted by atomic mass is 79.9. The van der Waals surface area contributed by atoms with Gasteiger partial charge in [-0.1, -0.05) is 22.0 Å². The molecule has 0 aliphatic carbocycles. The molecule has 2 saturated heterocycles. The van der Waals surface area contributed by atoms with E-state index in [-0.39, 0.29) is 0 Å². The van der Waals surface area contributed by atoms with E-state index in [9.17, 15) is 0 Å². The monoisotopic (exact) mass is 294 g/mol. The first kappa shape index (κ1) is 11.5. The molecular formula is C14H19BrN2. The third-order valence-corrected chi connectivity index (χ3v) is 5.15. The Balaban J connectivity index is 1.97. The standard InChI is InChI=1S/C14H19BrN2/c1-9-13(15)3-2-4-14(9)17-11-5-6-12(17)8-10(16)7-11/h2-4,10-12H,5-8,16H2,1H3. The zero-order chi connectivity index (χ0) is 12.0. The number of hydrogen-bond acceptors (Lipinski definition) is 2. The molecule has 0 amide bonds. The van der Waals surface area contributed by atoms with Crippen molar-refractivity contribution in [3.8, 4) is 0 Å². The van der Waals surface area contributed by atoms with Crippen molar-refractivity contribution in [1.29, 1.82) is 0 Å². The van der Waals surface area contributed by atoms with Gasteiger partial charge in [-0.05, 0) is 50.3 Å². The lowest BCUT2D eigenvalue weighted by molar-refractivity contribution is 0.414. The summed E-state index contributed by atoms with van der Waals surface area (Å²) in [7, 11) is 0. The van der Waals surface area contributed by atoms with E-state index in [4.69, 9.17) is 5.73 Å². The molecule has 0 aromatic heterocycles. The Morgan fingerprint density at radius 2 is 1.88 bits per heavy atom. The zero-order valence-electron chi connectivity index (χ0n) is 10.2. The molecule has 0 radical (unpaired) electrons. The van der Waals surface area contributed by atoms with E-state index in [1.807, 2.05) is 0 Å². The first-order valence-electron chi connectivity index (χ1n) is 6.46. The Hall–Kier alpha value is -0.540. The van der Waals surface area contributed by atoms with E-state index >= 15 is 0 Å². The van der Waals surface area contributed by atoms with Gasteiger partial charge in [-0.25, -0.2) is 0 Å². The molecule has 2 unspecified atom stereocenters. The van der Waals surface area contributed by atoms with Gasteiger partial charge in [-0.3, -0.25) is 0 Å². The van der Waals surface area contributed by atoms with Gasteiger partial charge in [-0.15, -0.1) is 0 Å². The molecule has 2 aliphatic rings.